The van der Waals surface area contributed by atoms with Gasteiger partial charge >= 0.3 is 138 Å². The normalized spacial score (nSPS) is 6.00. The molecule has 0 aliphatic heterocycles. The Kier molecular flexibility index (Phi) is 22.6. The molecule has 0 aliphatic rings. The molecule has 0 bridgehead atoms. The first-order valence-corrected chi connectivity index (χ1v) is 2.11. The van der Waals surface area contributed by atoms with Crippen LogP contribution in [0, 0.1) is 0 Å². The van der Waals surface area contributed by atoms with E-state index in [1.807, 2.05) is 6.07 Å². The molecule has 0 saturated carbocycles. The maximum absolute atomic E-state index is 10.3. The van der Waals surface area contributed by atoms with Gasteiger partial charge in [0.2, 0.25) is 0 Å². The van der Waals surface area contributed by atoms with E-state index in [9.17, 15) is 5.11 Å². The van der Waals surface area contributed by atoms with Crippen molar-refractivity contribution in [2.75, 3.05) is 0 Å². The van der Waals surface area contributed by atoms with Gasteiger partial charge in [0.15, 0.2) is 0 Å². The number of hydrogen-bond donors (Lipinski definition) is 0. The smallest absolute Gasteiger partial charge is 1.00 e. The molecular weight excluding hydrogens is 373 g/mol. The second kappa shape index (κ2) is 12.1. The summed E-state index contributed by atoms with van der Waals surface area (Å²) >= 11 is 0. The molecule has 0 aromatic heterocycles. The Labute approximate surface area is 178 Å². The van der Waals surface area contributed by atoms with Crippen molar-refractivity contribution in [3.63, 3.8) is 0 Å². The maximum atomic E-state index is 10.3. The average molecular weight is 378 g/mol. The van der Waals surface area contributed by atoms with Crippen LogP contribution in [0.1, 0.15) is 0 Å². The van der Waals surface area contributed by atoms with E-state index in [4.69, 9.17) is 0 Å². The second-order valence-electron chi connectivity index (χ2n) is 1.31. The van der Waals surface area contributed by atoms with Crippen molar-refractivity contribution in [2.45, 2.75) is 0 Å². The summed E-state index contributed by atoms with van der Waals surface area (Å²) in [5.41, 5.74) is 0. The van der Waals surface area contributed by atoms with Gasteiger partial charge in [0.1, 0.15) is 0 Å². The van der Waals surface area contributed by atoms with Crippen molar-refractivity contribution in [1.82, 2.24) is 0 Å². The fourth-order valence-corrected chi connectivity index (χ4v) is 0.420. The molecule has 0 aliphatic carbocycles. The van der Waals surface area contributed by atoms with Crippen molar-refractivity contribution in [2.24, 2.45) is 0 Å². The minimum atomic E-state index is 0. The van der Waals surface area contributed by atoms with Crippen LogP contribution in [-0.4, -0.2) is 0 Å². The third kappa shape index (κ3) is 9.14. The summed E-state index contributed by atoms with van der Waals surface area (Å²) in [6.07, 6.45) is 0. The molecule has 0 heterocycles. The molecule has 10 heavy (non-hydrogen) atoms. The van der Waals surface area contributed by atoms with Crippen LogP contribution in [0.5, 0.6) is 5.75 Å². The van der Waals surface area contributed by atoms with Gasteiger partial charge in [0.05, 0.1) is 0 Å². The molecule has 1 rings (SSSR count). The Bertz CT molecular complexity index is 146. The summed E-state index contributed by atoms with van der Waals surface area (Å²) in [7, 11) is 0. The second-order valence-corrected chi connectivity index (χ2v) is 1.31. The van der Waals surface area contributed by atoms with Gasteiger partial charge in [-0.2, -0.15) is 0 Å². The molecule has 44 valence electrons. The summed E-state index contributed by atoms with van der Waals surface area (Å²) in [6, 6.07) is 8.33. The van der Waals surface area contributed by atoms with Crippen LogP contribution in [0.15, 0.2) is 30.3 Å². The zero-order chi connectivity index (χ0) is 5.11. The third-order valence-corrected chi connectivity index (χ3v) is 0.743. The van der Waals surface area contributed by atoms with E-state index >= 15 is 0 Å². The predicted molar refractivity (Wildman–Crippen MR) is 25.9 cm³/mol. The minimum absolute atomic E-state index is 0. The van der Waals surface area contributed by atoms with E-state index in [2.05, 4.69) is 0 Å². The predicted octanol–water partition coefficient (Wildman–Crippen LogP) is -8.23. The van der Waals surface area contributed by atoms with Crippen molar-refractivity contribution in [3.8, 4) is 5.75 Å². The van der Waals surface area contributed by atoms with Crippen LogP contribution >= 0.6 is 0 Å². The number of hydrogen-bond acceptors (Lipinski definition) is 1. The Hall–Kier alpha value is 3.05. The maximum Gasteiger partial charge on any atom is 1.00 e. The Morgan fingerprint density at radius 1 is 0.900 bits per heavy atom. The van der Waals surface area contributed by atoms with Gasteiger partial charge in [-0.25, -0.2) is 0 Å². The van der Waals surface area contributed by atoms with Crippen molar-refractivity contribution < 1.29 is 148 Å². The van der Waals surface area contributed by atoms with Crippen molar-refractivity contribution in [3.05, 3.63) is 30.3 Å². The van der Waals surface area contributed by atoms with E-state index in [-0.39, 0.29) is 148 Å². The zero-order valence-electron chi connectivity index (χ0n) is 6.17. The first-order chi connectivity index (χ1) is 3.39. The van der Waals surface area contributed by atoms with E-state index in [1.165, 1.54) is 12.1 Å². The molecule has 1 aromatic rings. The fraction of sp³-hybridized carbons (Fsp3) is 0. The zero-order valence-corrected chi connectivity index (χ0v) is 18.7. The quantitative estimate of drug-likeness (QED) is 0.440. The summed E-state index contributed by atoms with van der Waals surface area (Å²) in [5, 5.41) is 10.3. The van der Waals surface area contributed by atoms with Gasteiger partial charge in [-0.15, -0.1) is 5.75 Å². The van der Waals surface area contributed by atoms with Gasteiger partial charge in [-0.1, -0.05) is 30.3 Å². The number of benzene rings is 1. The molecule has 1 nitrogen and oxygen atoms in total. The molecule has 0 N–H and O–H groups in total. The fourth-order valence-electron chi connectivity index (χ4n) is 0.420. The minimum Gasteiger partial charge on any atom is -1.00 e. The molecule has 0 radical (unpaired) electrons. The molecule has 0 unspecified atom stereocenters. The molecule has 1 aromatic carbocycles. The van der Waals surface area contributed by atoms with Gasteiger partial charge in [0.25, 0.3) is 0 Å². The number of para-hydroxylation sites is 1. The molecule has 0 fully saturated rings. The van der Waals surface area contributed by atoms with Crippen LogP contribution in [0.2, 0.25) is 0 Å². The van der Waals surface area contributed by atoms with Crippen molar-refractivity contribution >= 4 is 0 Å². The van der Waals surface area contributed by atoms with Gasteiger partial charge < -0.3 is 9.81 Å². The number of halogens is 1. The Morgan fingerprint density at radius 2 is 1.30 bits per heavy atom. The SMILES string of the molecule is [Cs+].[Cs+].[F-].[O-]c1ccccc1. The van der Waals surface area contributed by atoms with Crippen LogP contribution < -0.4 is 148 Å². The first-order valence-electron chi connectivity index (χ1n) is 2.11. The van der Waals surface area contributed by atoms with Gasteiger partial charge in [-0.3, -0.25) is 0 Å². The van der Waals surface area contributed by atoms with E-state index < -0.39 is 0 Å². The van der Waals surface area contributed by atoms with Crippen LogP contribution in [-0.2, 0) is 0 Å². The standard InChI is InChI=1S/C6H6O.2Cs.FH/c7-6-4-2-1-3-5-6;;;/h1-5,7H;;;1H/q;2*+1;/p-2. The Morgan fingerprint density at radius 3 is 1.50 bits per heavy atom. The average Bonchev–Trinajstić information content (AvgIpc) is 1.69. The molecular formula is C6H5Cs2FO. The van der Waals surface area contributed by atoms with E-state index in [0.29, 0.717) is 0 Å². The molecule has 0 saturated heterocycles. The molecule has 0 atom stereocenters. The van der Waals surface area contributed by atoms with Crippen LogP contribution in [0.3, 0.4) is 0 Å². The van der Waals surface area contributed by atoms with E-state index in [1.54, 1.807) is 12.1 Å². The third-order valence-electron chi connectivity index (χ3n) is 0.743. The first kappa shape index (κ1) is 18.8. The van der Waals surface area contributed by atoms with Gasteiger partial charge in [-0.05, 0) is 0 Å². The molecule has 0 spiro atoms. The van der Waals surface area contributed by atoms with E-state index in [0.717, 1.165) is 0 Å². The molecule has 4 heteroatoms. The molecule has 0 amide bonds. The summed E-state index contributed by atoms with van der Waals surface area (Å²) < 4.78 is 0. The van der Waals surface area contributed by atoms with Crippen LogP contribution in [0.25, 0.3) is 0 Å². The van der Waals surface area contributed by atoms with Gasteiger partial charge in [0, 0.05) is 0 Å². The Balaban J connectivity index is -0.000000163. The number of rotatable bonds is 0. The summed E-state index contributed by atoms with van der Waals surface area (Å²) in [4.78, 5) is 0. The largest absolute Gasteiger partial charge is 1.00 e. The summed E-state index contributed by atoms with van der Waals surface area (Å²) in [5.74, 6) is 0.0718. The topological polar surface area (TPSA) is 23.1 Å². The van der Waals surface area contributed by atoms with Crippen molar-refractivity contribution in [1.29, 1.82) is 0 Å². The van der Waals surface area contributed by atoms with Crippen LogP contribution in [0.4, 0.5) is 0 Å². The summed E-state index contributed by atoms with van der Waals surface area (Å²) in [6.45, 7) is 0. The monoisotopic (exact) mass is 378 g/mol.